The van der Waals surface area contributed by atoms with Crippen LogP contribution in [0.1, 0.15) is 12.0 Å². The number of amides is 1. The van der Waals surface area contributed by atoms with Crippen LogP contribution in [0.3, 0.4) is 0 Å². The number of aliphatic carboxylic acids is 1. The average Bonchev–Trinajstić information content (AvgIpc) is 2.34. The van der Waals surface area contributed by atoms with Gasteiger partial charge >= 0.3 is 5.97 Å². The van der Waals surface area contributed by atoms with Gasteiger partial charge in [0.05, 0.1) is 6.61 Å². The number of aliphatic hydroxyl groups is 1. The summed E-state index contributed by atoms with van der Waals surface area (Å²) >= 11 is 0. The van der Waals surface area contributed by atoms with Crippen LogP contribution in [-0.2, 0) is 16.0 Å². The molecule has 0 heterocycles. The van der Waals surface area contributed by atoms with Crippen molar-refractivity contribution in [3.63, 3.8) is 0 Å². The van der Waals surface area contributed by atoms with Crippen molar-refractivity contribution in [3.05, 3.63) is 35.9 Å². The van der Waals surface area contributed by atoms with E-state index < -0.39 is 18.6 Å². The highest BCUT2D eigenvalue weighted by Gasteiger charge is 2.18. The summed E-state index contributed by atoms with van der Waals surface area (Å²) in [4.78, 5) is 22.0. The Labute approximate surface area is 99.1 Å². The van der Waals surface area contributed by atoms with E-state index in [2.05, 4.69) is 5.32 Å². The number of carboxylic acids is 1. The van der Waals surface area contributed by atoms with Gasteiger partial charge in [0.2, 0.25) is 5.91 Å². The van der Waals surface area contributed by atoms with Gasteiger partial charge in [0.1, 0.15) is 6.04 Å². The quantitative estimate of drug-likeness (QED) is 0.658. The molecule has 0 aromatic heterocycles. The molecule has 5 nitrogen and oxygen atoms in total. The largest absolute Gasteiger partial charge is 0.480 e. The highest BCUT2D eigenvalue weighted by atomic mass is 16.4. The van der Waals surface area contributed by atoms with Crippen molar-refractivity contribution >= 4 is 11.9 Å². The third-order valence-corrected chi connectivity index (χ3v) is 2.30. The summed E-state index contributed by atoms with van der Waals surface area (Å²) in [6, 6.07) is 8.21. The van der Waals surface area contributed by atoms with Crippen LogP contribution < -0.4 is 5.32 Å². The van der Waals surface area contributed by atoms with E-state index in [0.717, 1.165) is 5.56 Å². The number of carbonyl (C=O) groups excluding carboxylic acids is 1. The highest BCUT2D eigenvalue weighted by molar-refractivity contribution is 5.83. The molecule has 3 N–H and O–H groups in total. The number of benzene rings is 1. The van der Waals surface area contributed by atoms with Crippen molar-refractivity contribution in [1.29, 1.82) is 0 Å². The molecule has 0 bridgehead atoms. The molecule has 0 fully saturated rings. The lowest BCUT2D eigenvalue weighted by molar-refractivity contribution is -0.142. The van der Waals surface area contributed by atoms with Crippen LogP contribution in [0.5, 0.6) is 0 Å². The van der Waals surface area contributed by atoms with Crippen molar-refractivity contribution in [2.24, 2.45) is 0 Å². The highest BCUT2D eigenvalue weighted by Crippen LogP contribution is 2.02. The van der Waals surface area contributed by atoms with Gasteiger partial charge in [-0.3, -0.25) is 4.79 Å². The molecule has 0 aliphatic carbocycles. The summed E-state index contributed by atoms with van der Waals surface area (Å²) in [5, 5.41) is 19.6. The van der Waals surface area contributed by atoms with Gasteiger partial charge in [-0.1, -0.05) is 30.3 Å². The summed E-state index contributed by atoms with van der Waals surface area (Å²) in [5.41, 5.74) is 1.01. The number of aliphatic hydroxyl groups excluding tert-OH is 1. The summed E-state index contributed by atoms with van der Waals surface area (Å²) < 4.78 is 0. The van der Waals surface area contributed by atoms with E-state index in [9.17, 15) is 9.59 Å². The smallest absolute Gasteiger partial charge is 0.328 e. The van der Waals surface area contributed by atoms with Crippen molar-refractivity contribution in [2.75, 3.05) is 6.61 Å². The lowest BCUT2D eigenvalue weighted by atomic mass is 10.1. The first-order valence-corrected chi connectivity index (χ1v) is 5.30. The second-order valence-electron chi connectivity index (χ2n) is 3.63. The maximum absolute atomic E-state index is 11.4. The maximum atomic E-state index is 11.4. The number of carboxylic acid groups (broad SMARTS) is 1. The van der Waals surface area contributed by atoms with Crippen LogP contribution in [-0.4, -0.2) is 34.7 Å². The molecule has 0 aliphatic rings. The Kier molecular flexibility index (Phi) is 5.16. The molecule has 0 saturated carbocycles. The number of hydrogen-bond donors (Lipinski definition) is 3. The fraction of sp³-hybridized carbons (Fsp3) is 0.333. The van der Waals surface area contributed by atoms with E-state index in [1.54, 1.807) is 0 Å². The van der Waals surface area contributed by atoms with Crippen LogP contribution in [0, 0.1) is 0 Å². The number of carbonyl (C=O) groups is 2. The molecule has 17 heavy (non-hydrogen) atoms. The predicted octanol–water partition coefficient (Wildman–Crippen LogP) is 0.181. The number of nitrogens with one attached hydrogen (secondary N) is 1. The van der Waals surface area contributed by atoms with E-state index in [1.165, 1.54) is 0 Å². The molecule has 1 aromatic rings. The average molecular weight is 237 g/mol. The van der Waals surface area contributed by atoms with Gasteiger partial charge in [0, 0.05) is 6.42 Å². The topological polar surface area (TPSA) is 86.6 Å². The molecule has 92 valence electrons. The van der Waals surface area contributed by atoms with Gasteiger partial charge in [0.15, 0.2) is 0 Å². The lowest BCUT2D eigenvalue weighted by Crippen LogP contribution is -2.43. The first kappa shape index (κ1) is 13.2. The molecule has 1 aromatic carbocycles. The summed E-state index contributed by atoms with van der Waals surface area (Å²) in [6.45, 7) is -0.605. The monoisotopic (exact) mass is 237 g/mol. The predicted molar refractivity (Wildman–Crippen MR) is 61.4 cm³/mol. The zero-order chi connectivity index (χ0) is 12.7. The zero-order valence-electron chi connectivity index (χ0n) is 9.30. The molecule has 1 rings (SSSR count). The van der Waals surface area contributed by atoms with Crippen molar-refractivity contribution in [1.82, 2.24) is 5.32 Å². The SMILES string of the molecule is O=C(CCc1ccccc1)N[C@@H](CO)C(=O)O. The van der Waals surface area contributed by atoms with Gasteiger partial charge in [-0.25, -0.2) is 4.79 Å². The summed E-state index contributed by atoms with van der Waals surface area (Å²) in [5.74, 6) is -1.61. The third-order valence-electron chi connectivity index (χ3n) is 2.30. The minimum Gasteiger partial charge on any atom is -0.480 e. The Hall–Kier alpha value is -1.88. The number of hydrogen-bond acceptors (Lipinski definition) is 3. The normalized spacial score (nSPS) is 11.8. The van der Waals surface area contributed by atoms with Gasteiger partial charge in [-0.2, -0.15) is 0 Å². The molecule has 0 radical (unpaired) electrons. The number of rotatable bonds is 6. The molecular weight excluding hydrogens is 222 g/mol. The first-order chi connectivity index (χ1) is 8.13. The van der Waals surface area contributed by atoms with E-state index in [0.29, 0.717) is 6.42 Å². The van der Waals surface area contributed by atoms with Gasteiger partial charge in [-0.05, 0) is 12.0 Å². The Bertz CT molecular complexity index is 377. The molecule has 1 amide bonds. The van der Waals surface area contributed by atoms with Crippen LogP contribution in [0.15, 0.2) is 30.3 Å². The minimum absolute atomic E-state index is 0.202. The lowest BCUT2D eigenvalue weighted by Gasteiger charge is -2.11. The fourth-order valence-electron chi connectivity index (χ4n) is 1.35. The van der Waals surface area contributed by atoms with E-state index in [-0.39, 0.29) is 12.3 Å². The van der Waals surface area contributed by atoms with Crippen molar-refractivity contribution in [3.8, 4) is 0 Å². The second kappa shape index (κ2) is 6.65. The molecule has 0 unspecified atom stereocenters. The zero-order valence-corrected chi connectivity index (χ0v) is 9.30. The standard InChI is InChI=1S/C12H15NO4/c14-8-10(12(16)17)13-11(15)7-6-9-4-2-1-3-5-9/h1-5,10,14H,6-8H2,(H,13,15)(H,16,17)/t10-/m0/s1. The Morgan fingerprint density at radius 2 is 1.88 bits per heavy atom. The van der Waals surface area contributed by atoms with Crippen molar-refractivity contribution in [2.45, 2.75) is 18.9 Å². The summed E-state index contributed by atoms with van der Waals surface area (Å²) in [7, 11) is 0. The molecule has 1 atom stereocenters. The van der Waals surface area contributed by atoms with Crippen LogP contribution in [0.2, 0.25) is 0 Å². The fourth-order valence-corrected chi connectivity index (χ4v) is 1.35. The Balaban J connectivity index is 2.37. The summed E-state index contributed by atoms with van der Waals surface area (Å²) in [6.07, 6.45) is 0.748. The molecule has 0 saturated heterocycles. The molecule has 0 aliphatic heterocycles. The van der Waals surface area contributed by atoms with Gasteiger partial charge in [-0.15, -0.1) is 0 Å². The number of aryl methyl sites for hydroxylation is 1. The second-order valence-corrected chi connectivity index (χ2v) is 3.63. The minimum atomic E-state index is -1.24. The van der Waals surface area contributed by atoms with Crippen molar-refractivity contribution < 1.29 is 19.8 Å². The van der Waals surface area contributed by atoms with Crippen LogP contribution >= 0.6 is 0 Å². The molecule has 0 spiro atoms. The molecular formula is C12H15NO4. The van der Waals surface area contributed by atoms with Gasteiger partial charge in [0.25, 0.3) is 0 Å². The third kappa shape index (κ3) is 4.65. The van der Waals surface area contributed by atoms with E-state index in [4.69, 9.17) is 10.2 Å². The van der Waals surface area contributed by atoms with E-state index >= 15 is 0 Å². The Morgan fingerprint density at radius 3 is 2.41 bits per heavy atom. The van der Waals surface area contributed by atoms with Gasteiger partial charge < -0.3 is 15.5 Å². The van der Waals surface area contributed by atoms with E-state index in [1.807, 2.05) is 30.3 Å². The maximum Gasteiger partial charge on any atom is 0.328 e. The molecule has 5 heteroatoms. The Morgan fingerprint density at radius 1 is 1.24 bits per heavy atom. The first-order valence-electron chi connectivity index (χ1n) is 5.30. The van der Waals surface area contributed by atoms with Crippen LogP contribution in [0.25, 0.3) is 0 Å². The van der Waals surface area contributed by atoms with Crippen LogP contribution in [0.4, 0.5) is 0 Å².